The van der Waals surface area contributed by atoms with Gasteiger partial charge in [-0.1, -0.05) is 44.7 Å². The van der Waals surface area contributed by atoms with Crippen molar-refractivity contribution in [2.45, 2.75) is 71.1 Å². The second-order valence-electron chi connectivity index (χ2n) is 7.13. The number of aromatic nitrogens is 1. The zero-order chi connectivity index (χ0) is 16.8. The lowest BCUT2D eigenvalue weighted by Gasteiger charge is -2.22. The molecule has 24 heavy (non-hydrogen) atoms. The maximum absolute atomic E-state index is 5.27. The second-order valence-corrected chi connectivity index (χ2v) is 7.13. The van der Waals surface area contributed by atoms with Gasteiger partial charge in [0.2, 0.25) is 0 Å². The number of hydrogen-bond acceptors (Lipinski definition) is 2. The van der Waals surface area contributed by atoms with Gasteiger partial charge in [0.05, 0.1) is 13.2 Å². The number of fused-ring (bicyclic) bond motifs is 1. The van der Waals surface area contributed by atoms with Crippen LogP contribution in [-0.2, 0) is 16.2 Å². The zero-order valence-corrected chi connectivity index (χ0v) is 15.2. The summed E-state index contributed by atoms with van der Waals surface area (Å²) >= 11 is 0. The smallest absolute Gasteiger partial charge is 0.0862 e. The van der Waals surface area contributed by atoms with Crippen molar-refractivity contribution in [3.8, 4) is 0 Å². The molecule has 1 aromatic carbocycles. The van der Waals surface area contributed by atoms with Crippen molar-refractivity contribution >= 4 is 10.9 Å². The lowest BCUT2D eigenvalue weighted by Crippen LogP contribution is -2.05. The van der Waals surface area contributed by atoms with E-state index in [1.54, 1.807) is 5.56 Å². The Kier molecular flexibility index (Phi) is 6.33. The van der Waals surface area contributed by atoms with Crippen molar-refractivity contribution < 1.29 is 9.78 Å². The fourth-order valence-corrected chi connectivity index (χ4v) is 3.95. The Labute approximate surface area is 145 Å². The Balaban J connectivity index is 1.64. The average Bonchev–Trinajstić information content (AvgIpc) is 2.93. The molecule has 1 aliphatic rings. The van der Waals surface area contributed by atoms with E-state index in [0.717, 1.165) is 25.2 Å². The largest absolute Gasteiger partial charge is 0.358 e. The summed E-state index contributed by atoms with van der Waals surface area (Å²) in [5.41, 5.74) is 5.50. The summed E-state index contributed by atoms with van der Waals surface area (Å²) in [5.74, 6) is 0.744. The van der Waals surface area contributed by atoms with Crippen LogP contribution in [0.3, 0.4) is 0 Å². The molecule has 0 amide bonds. The highest BCUT2D eigenvalue weighted by molar-refractivity contribution is 5.85. The maximum Gasteiger partial charge on any atom is 0.0862 e. The molecular weight excluding hydrogens is 298 g/mol. The van der Waals surface area contributed by atoms with Crippen molar-refractivity contribution in [1.29, 1.82) is 0 Å². The van der Waals surface area contributed by atoms with Gasteiger partial charge in [-0.25, -0.2) is 9.78 Å². The fraction of sp³-hybridized carbons (Fsp3) is 0.619. The molecule has 3 heteroatoms. The molecule has 1 fully saturated rings. The Morgan fingerprint density at radius 1 is 1.08 bits per heavy atom. The summed E-state index contributed by atoms with van der Waals surface area (Å²) in [6.45, 7) is 5.69. The fourth-order valence-electron chi connectivity index (χ4n) is 3.95. The van der Waals surface area contributed by atoms with Crippen molar-refractivity contribution in [3.63, 3.8) is 0 Å². The number of aromatic amines is 1. The highest BCUT2D eigenvalue weighted by Crippen LogP contribution is 2.38. The van der Waals surface area contributed by atoms with Gasteiger partial charge in [-0.2, -0.15) is 0 Å². The van der Waals surface area contributed by atoms with Crippen LogP contribution >= 0.6 is 0 Å². The van der Waals surface area contributed by atoms with Gasteiger partial charge in [-0.15, -0.1) is 0 Å². The van der Waals surface area contributed by atoms with E-state index in [-0.39, 0.29) is 0 Å². The van der Waals surface area contributed by atoms with E-state index in [9.17, 15) is 0 Å². The first-order chi connectivity index (χ1) is 11.8. The molecule has 0 unspecified atom stereocenters. The molecule has 1 N–H and O–H groups in total. The number of hydrogen-bond donors (Lipinski definition) is 1. The van der Waals surface area contributed by atoms with Crippen LogP contribution in [0.25, 0.3) is 10.9 Å². The topological polar surface area (TPSA) is 34.2 Å². The molecule has 2 aromatic rings. The number of rotatable bonds is 8. The van der Waals surface area contributed by atoms with Crippen LogP contribution in [0.1, 0.15) is 74.6 Å². The normalized spacial score (nSPS) is 16.1. The van der Waals surface area contributed by atoms with Crippen molar-refractivity contribution in [1.82, 2.24) is 4.98 Å². The zero-order valence-electron chi connectivity index (χ0n) is 15.2. The summed E-state index contributed by atoms with van der Waals surface area (Å²) in [7, 11) is 0. The van der Waals surface area contributed by atoms with Gasteiger partial charge in [0, 0.05) is 16.6 Å². The van der Waals surface area contributed by atoms with Crippen LogP contribution < -0.4 is 0 Å². The first kappa shape index (κ1) is 17.5. The lowest BCUT2D eigenvalue weighted by molar-refractivity contribution is -0.294. The lowest BCUT2D eigenvalue weighted by atomic mass is 9.83. The number of aryl methyl sites for hydroxylation is 1. The molecule has 3 rings (SSSR count). The third-order valence-electron chi connectivity index (χ3n) is 5.25. The van der Waals surface area contributed by atoms with E-state index < -0.39 is 0 Å². The number of nitrogens with one attached hydrogen (secondary N) is 1. The van der Waals surface area contributed by atoms with Crippen LogP contribution in [0.2, 0.25) is 0 Å². The van der Waals surface area contributed by atoms with E-state index in [2.05, 4.69) is 37.0 Å². The molecule has 0 radical (unpaired) electrons. The van der Waals surface area contributed by atoms with Gasteiger partial charge >= 0.3 is 0 Å². The molecule has 132 valence electrons. The predicted molar refractivity (Wildman–Crippen MR) is 99.4 cm³/mol. The number of H-pyrrole nitrogens is 1. The average molecular weight is 329 g/mol. The minimum Gasteiger partial charge on any atom is -0.358 e. The molecule has 1 heterocycles. The SMILES string of the molecule is CCCCOOCCc1ccc2c(C3CCCCC3)c(C)[nH]c2c1. The number of benzene rings is 1. The van der Waals surface area contributed by atoms with Gasteiger partial charge in [0.15, 0.2) is 0 Å². The van der Waals surface area contributed by atoms with Gasteiger partial charge < -0.3 is 4.98 Å². The van der Waals surface area contributed by atoms with Crippen LogP contribution in [-0.4, -0.2) is 18.2 Å². The molecule has 1 aliphatic carbocycles. The summed E-state index contributed by atoms with van der Waals surface area (Å²) in [6, 6.07) is 6.83. The van der Waals surface area contributed by atoms with Crippen LogP contribution in [0.5, 0.6) is 0 Å². The van der Waals surface area contributed by atoms with Gasteiger partial charge in [-0.05, 0) is 55.7 Å². The first-order valence-corrected chi connectivity index (χ1v) is 9.65. The molecule has 1 aromatic heterocycles. The third-order valence-corrected chi connectivity index (χ3v) is 5.25. The van der Waals surface area contributed by atoms with Crippen LogP contribution in [0.15, 0.2) is 18.2 Å². The Hall–Kier alpha value is -1.32. The summed E-state index contributed by atoms with van der Waals surface area (Å²) in [4.78, 5) is 14.1. The first-order valence-electron chi connectivity index (χ1n) is 9.65. The highest BCUT2D eigenvalue weighted by Gasteiger charge is 2.21. The Bertz CT molecular complexity index is 641. The standard InChI is InChI=1S/C21H31NO2/c1-3-4-13-23-24-14-12-17-10-11-19-20(15-17)22-16(2)21(19)18-8-6-5-7-9-18/h10-11,15,18,22H,3-9,12-14H2,1-2H3. The Morgan fingerprint density at radius 2 is 1.88 bits per heavy atom. The molecule has 0 saturated heterocycles. The Morgan fingerprint density at radius 3 is 2.67 bits per heavy atom. The maximum atomic E-state index is 5.27. The molecule has 0 spiro atoms. The quantitative estimate of drug-likeness (QED) is 0.376. The molecule has 0 atom stereocenters. The number of unbranched alkanes of at least 4 members (excludes halogenated alkanes) is 1. The minimum atomic E-state index is 0.615. The van der Waals surface area contributed by atoms with Gasteiger partial charge in [-0.3, -0.25) is 0 Å². The molecule has 0 bridgehead atoms. The highest BCUT2D eigenvalue weighted by atomic mass is 17.2. The molecular formula is C21H31NO2. The van der Waals surface area contributed by atoms with Gasteiger partial charge in [0.25, 0.3) is 0 Å². The van der Waals surface area contributed by atoms with E-state index in [1.807, 2.05) is 0 Å². The van der Waals surface area contributed by atoms with Crippen molar-refractivity contribution in [2.24, 2.45) is 0 Å². The van der Waals surface area contributed by atoms with E-state index in [4.69, 9.17) is 9.78 Å². The molecule has 3 nitrogen and oxygen atoms in total. The van der Waals surface area contributed by atoms with Crippen molar-refractivity contribution in [3.05, 3.63) is 35.0 Å². The summed E-state index contributed by atoms with van der Waals surface area (Å²) in [5, 5.41) is 1.42. The van der Waals surface area contributed by atoms with Gasteiger partial charge in [0.1, 0.15) is 0 Å². The third kappa shape index (κ3) is 4.20. The minimum absolute atomic E-state index is 0.615. The summed E-state index contributed by atoms with van der Waals surface area (Å²) < 4.78 is 0. The van der Waals surface area contributed by atoms with Crippen molar-refractivity contribution in [2.75, 3.05) is 13.2 Å². The van der Waals surface area contributed by atoms with E-state index >= 15 is 0 Å². The molecule has 0 aliphatic heterocycles. The van der Waals surface area contributed by atoms with Crippen LogP contribution in [0, 0.1) is 6.92 Å². The van der Waals surface area contributed by atoms with E-state index in [1.165, 1.54) is 54.3 Å². The summed E-state index contributed by atoms with van der Waals surface area (Å²) in [6.07, 6.45) is 9.93. The van der Waals surface area contributed by atoms with Crippen LogP contribution in [0.4, 0.5) is 0 Å². The predicted octanol–water partition coefficient (Wildman–Crippen LogP) is 5.81. The monoisotopic (exact) mass is 329 g/mol. The molecule has 1 saturated carbocycles. The second kappa shape index (κ2) is 8.68. The van der Waals surface area contributed by atoms with E-state index in [0.29, 0.717) is 13.2 Å².